The zero-order valence-corrected chi connectivity index (χ0v) is 13.9. The Balaban J connectivity index is 1.98. The number of rotatable bonds is 3. The molecule has 128 valence electrons. The molecule has 0 aliphatic heterocycles. The van der Waals surface area contributed by atoms with Gasteiger partial charge in [0, 0.05) is 6.20 Å². The van der Waals surface area contributed by atoms with Crippen LogP contribution in [-0.2, 0) is 6.42 Å². The summed E-state index contributed by atoms with van der Waals surface area (Å²) < 4.78 is 5.71. The number of aromatic carboxylic acids is 1. The van der Waals surface area contributed by atoms with Crippen molar-refractivity contribution in [2.24, 2.45) is 0 Å². The van der Waals surface area contributed by atoms with Gasteiger partial charge in [0.15, 0.2) is 0 Å². The van der Waals surface area contributed by atoms with Crippen LogP contribution in [0.25, 0.3) is 22.2 Å². The highest BCUT2D eigenvalue weighted by Gasteiger charge is 2.20. The fourth-order valence-corrected chi connectivity index (χ4v) is 3.66. The zero-order valence-electron chi connectivity index (χ0n) is 13.9. The van der Waals surface area contributed by atoms with Crippen molar-refractivity contribution in [1.82, 2.24) is 9.97 Å². The quantitative estimate of drug-likeness (QED) is 0.733. The second-order valence-corrected chi connectivity index (χ2v) is 6.53. The molecule has 0 amide bonds. The number of aryl methyl sites for hydroxylation is 1. The van der Waals surface area contributed by atoms with Crippen molar-refractivity contribution in [3.63, 3.8) is 0 Å². The Kier molecular flexibility index (Phi) is 3.75. The predicted octanol–water partition coefficient (Wildman–Crippen LogP) is 3.65. The smallest absolute Gasteiger partial charge is 0.337 e. The summed E-state index contributed by atoms with van der Waals surface area (Å²) in [6.45, 7) is 1.81. The lowest BCUT2D eigenvalue weighted by molar-refractivity contribution is 0.0695. The first-order valence-corrected chi connectivity index (χ1v) is 8.58. The maximum atomic E-state index is 12.9. The molecule has 0 bridgehead atoms. The van der Waals surface area contributed by atoms with E-state index in [1.807, 2.05) is 13.0 Å². The zero-order chi connectivity index (χ0) is 17.6. The van der Waals surface area contributed by atoms with E-state index in [0.717, 1.165) is 18.4 Å². The van der Waals surface area contributed by atoms with Crippen LogP contribution in [0.1, 0.15) is 60.1 Å². The van der Waals surface area contributed by atoms with Crippen molar-refractivity contribution >= 4 is 28.2 Å². The minimum absolute atomic E-state index is 0.0431. The highest BCUT2D eigenvalue weighted by molar-refractivity contribution is 5.95. The van der Waals surface area contributed by atoms with Crippen molar-refractivity contribution in [2.75, 3.05) is 0 Å². The molecule has 4 rings (SSSR count). The van der Waals surface area contributed by atoms with E-state index in [0.29, 0.717) is 23.4 Å². The summed E-state index contributed by atoms with van der Waals surface area (Å²) in [4.78, 5) is 32.9. The fourth-order valence-electron chi connectivity index (χ4n) is 3.66. The monoisotopic (exact) mass is 338 g/mol. The van der Waals surface area contributed by atoms with E-state index >= 15 is 0 Å². The van der Waals surface area contributed by atoms with E-state index in [-0.39, 0.29) is 27.8 Å². The summed E-state index contributed by atoms with van der Waals surface area (Å²) in [7, 11) is 0. The average Bonchev–Trinajstić information content (AvgIpc) is 3.15. The number of pyridine rings is 2. The molecule has 1 aliphatic rings. The van der Waals surface area contributed by atoms with Crippen LogP contribution in [0, 0.1) is 0 Å². The lowest BCUT2D eigenvalue weighted by Crippen LogP contribution is -2.10. The van der Waals surface area contributed by atoms with Gasteiger partial charge in [-0.25, -0.2) is 14.8 Å². The van der Waals surface area contributed by atoms with Gasteiger partial charge in [0.2, 0.25) is 16.9 Å². The number of aromatic nitrogens is 2. The predicted molar refractivity (Wildman–Crippen MR) is 93.1 cm³/mol. The number of fused-ring (bicyclic) bond motifs is 2. The Labute approximate surface area is 143 Å². The van der Waals surface area contributed by atoms with Crippen LogP contribution in [0.2, 0.25) is 0 Å². The molecule has 1 aliphatic carbocycles. The summed E-state index contributed by atoms with van der Waals surface area (Å²) in [6.07, 6.45) is 6.82. The molecule has 1 saturated carbocycles. The molecule has 1 N–H and O–H groups in total. The fraction of sp³-hybridized carbons (Fsp3) is 0.368. The maximum Gasteiger partial charge on any atom is 0.337 e. The van der Waals surface area contributed by atoms with E-state index < -0.39 is 5.97 Å². The number of hydrogen-bond donors (Lipinski definition) is 1. The van der Waals surface area contributed by atoms with Crippen LogP contribution < -0.4 is 5.43 Å². The Hall–Kier alpha value is -2.76. The molecular formula is C19H18N2O4. The third kappa shape index (κ3) is 2.58. The number of carboxylic acids is 1. The van der Waals surface area contributed by atoms with Crippen molar-refractivity contribution < 1.29 is 14.3 Å². The third-order valence-corrected chi connectivity index (χ3v) is 5.01. The summed E-state index contributed by atoms with van der Waals surface area (Å²) in [5, 5.41) is 9.94. The van der Waals surface area contributed by atoms with E-state index in [4.69, 9.17) is 4.42 Å². The maximum absolute atomic E-state index is 12.9. The van der Waals surface area contributed by atoms with Crippen LogP contribution in [0.15, 0.2) is 27.5 Å². The first-order valence-electron chi connectivity index (χ1n) is 8.58. The van der Waals surface area contributed by atoms with Crippen molar-refractivity contribution in [3.8, 4) is 0 Å². The Morgan fingerprint density at radius 1 is 1.24 bits per heavy atom. The molecule has 3 aromatic rings. The first-order chi connectivity index (χ1) is 12.1. The molecule has 0 atom stereocenters. The van der Waals surface area contributed by atoms with Gasteiger partial charge in [-0.05, 0) is 42.9 Å². The normalized spacial score (nSPS) is 15.2. The number of carboxylic acid groups (broad SMARTS) is 1. The molecule has 0 radical (unpaired) electrons. The highest BCUT2D eigenvalue weighted by Crippen LogP contribution is 2.34. The topological polar surface area (TPSA) is 93.3 Å². The molecule has 0 aromatic carbocycles. The van der Waals surface area contributed by atoms with E-state index in [9.17, 15) is 14.7 Å². The number of nitrogens with zero attached hydrogens (tertiary/aromatic N) is 2. The largest absolute Gasteiger partial charge is 0.478 e. The van der Waals surface area contributed by atoms with Gasteiger partial charge in [-0.15, -0.1) is 0 Å². The van der Waals surface area contributed by atoms with Gasteiger partial charge in [0.25, 0.3) is 0 Å². The van der Waals surface area contributed by atoms with E-state index in [2.05, 4.69) is 9.97 Å². The summed E-state index contributed by atoms with van der Waals surface area (Å²) in [5.41, 5.74) is 1.60. The van der Waals surface area contributed by atoms with E-state index in [1.54, 1.807) is 6.20 Å². The van der Waals surface area contributed by atoms with Crippen LogP contribution in [0.4, 0.5) is 0 Å². The Bertz CT molecular complexity index is 1050. The standard InChI is InChI=1S/C19H18N2O4/c1-2-15-12(19(23)24)8-14-16(22)13-7-11(10-5-3-4-6-10)9-20-17(13)25-18(14)21-15/h7-10H,2-6H2,1H3,(H,23,24). The van der Waals surface area contributed by atoms with Crippen LogP contribution in [0.5, 0.6) is 0 Å². The highest BCUT2D eigenvalue weighted by atomic mass is 16.4. The molecule has 6 nitrogen and oxygen atoms in total. The molecule has 6 heteroatoms. The molecule has 3 heterocycles. The second-order valence-electron chi connectivity index (χ2n) is 6.53. The van der Waals surface area contributed by atoms with Crippen LogP contribution in [0.3, 0.4) is 0 Å². The van der Waals surface area contributed by atoms with E-state index in [1.165, 1.54) is 18.9 Å². The van der Waals surface area contributed by atoms with Gasteiger partial charge in [-0.1, -0.05) is 19.8 Å². The van der Waals surface area contributed by atoms with Gasteiger partial charge >= 0.3 is 5.97 Å². The summed E-state index contributed by atoms with van der Waals surface area (Å²) in [6, 6.07) is 3.22. The lowest BCUT2D eigenvalue weighted by Gasteiger charge is -2.10. The third-order valence-electron chi connectivity index (χ3n) is 5.01. The Morgan fingerprint density at radius 3 is 2.64 bits per heavy atom. The lowest BCUT2D eigenvalue weighted by atomic mass is 9.98. The molecule has 0 unspecified atom stereocenters. The average molecular weight is 338 g/mol. The van der Waals surface area contributed by atoms with Gasteiger partial charge in [-0.2, -0.15) is 0 Å². The van der Waals surface area contributed by atoms with Crippen LogP contribution >= 0.6 is 0 Å². The number of hydrogen-bond acceptors (Lipinski definition) is 5. The molecule has 1 fully saturated rings. The van der Waals surface area contributed by atoms with Crippen molar-refractivity contribution in [2.45, 2.75) is 44.9 Å². The van der Waals surface area contributed by atoms with Crippen molar-refractivity contribution in [3.05, 3.63) is 45.4 Å². The molecule has 3 aromatic heterocycles. The van der Waals surface area contributed by atoms with Gasteiger partial charge in [0.1, 0.15) is 0 Å². The first kappa shape index (κ1) is 15.7. The molecule has 0 spiro atoms. The summed E-state index contributed by atoms with van der Waals surface area (Å²) in [5.74, 6) is -0.661. The Morgan fingerprint density at radius 2 is 1.96 bits per heavy atom. The van der Waals surface area contributed by atoms with Gasteiger partial charge < -0.3 is 9.52 Å². The molecule has 0 saturated heterocycles. The molecular weight excluding hydrogens is 320 g/mol. The van der Waals surface area contributed by atoms with Gasteiger partial charge in [-0.3, -0.25) is 4.79 Å². The number of carbonyl (C=O) groups is 1. The minimum atomic E-state index is -1.09. The van der Waals surface area contributed by atoms with Gasteiger partial charge in [0.05, 0.1) is 22.0 Å². The van der Waals surface area contributed by atoms with Crippen LogP contribution in [-0.4, -0.2) is 21.0 Å². The summed E-state index contributed by atoms with van der Waals surface area (Å²) >= 11 is 0. The minimum Gasteiger partial charge on any atom is -0.478 e. The SMILES string of the molecule is CCc1nc2oc3ncc(C4CCCC4)cc3c(=O)c2cc1C(=O)O. The molecule has 25 heavy (non-hydrogen) atoms. The van der Waals surface area contributed by atoms with Crippen molar-refractivity contribution in [1.29, 1.82) is 0 Å². The second kappa shape index (κ2) is 5.95.